The van der Waals surface area contributed by atoms with E-state index in [0.29, 0.717) is 19.0 Å². The number of hydrogen-bond acceptors (Lipinski definition) is 4. The largest absolute Gasteiger partial charge is 0.336 e. The van der Waals surface area contributed by atoms with Gasteiger partial charge in [-0.15, -0.1) is 0 Å². The van der Waals surface area contributed by atoms with Gasteiger partial charge in [0.05, 0.1) is 15.5 Å². The van der Waals surface area contributed by atoms with Gasteiger partial charge in [0.1, 0.15) is 0 Å². The molecule has 2 rings (SSSR count). The number of rotatable bonds is 5. The van der Waals surface area contributed by atoms with Gasteiger partial charge in [0.2, 0.25) is 10.0 Å². The van der Waals surface area contributed by atoms with Crippen LogP contribution in [-0.4, -0.2) is 75.2 Å². The van der Waals surface area contributed by atoms with E-state index in [-0.39, 0.29) is 21.4 Å². The lowest BCUT2D eigenvalue weighted by Gasteiger charge is -2.35. The Morgan fingerprint density at radius 3 is 2.32 bits per heavy atom. The maximum atomic E-state index is 12.8. The van der Waals surface area contributed by atoms with Crippen LogP contribution in [0.2, 0.25) is 5.02 Å². The van der Waals surface area contributed by atoms with Crippen molar-refractivity contribution in [3.8, 4) is 0 Å². The van der Waals surface area contributed by atoms with E-state index in [9.17, 15) is 13.2 Å². The molecule has 0 aliphatic carbocycles. The van der Waals surface area contributed by atoms with Crippen LogP contribution >= 0.6 is 11.6 Å². The molecule has 6 nitrogen and oxygen atoms in total. The number of nitrogens with zero attached hydrogens (tertiary/aromatic N) is 3. The van der Waals surface area contributed by atoms with Crippen LogP contribution in [0.15, 0.2) is 23.1 Å². The normalized spacial score (nSPS) is 16.7. The monoisotopic (exact) mass is 387 g/mol. The molecule has 1 aromatic rings. The van der Waals surface area contributed by atoms with Gasteiger partial charge in [-0.25, -0.2) is 12.7 Å². The van der Waals surface area contributed by atoms with Gasteiger partial charge in [0, 0.05) is 46.8 Å². The second kappa shape index (κ2) is 8.03. The molecule has 1 fully saturated rings. The summed E-state index contributed by atoms with van der Waals surface area (Å²) in [5.74, 6) is 0.370. The Hall–Kier alpha value is -1.15. The van der Waals surface area contributed by atoms with Gasteiger partial charge >= 0.3 is 0 Å². The highest BCUT2D eigenvalue weighted by Gasteiger charge is 2.26. The van der Waals surface area contributed by atoms with Gasteiger partial charge in [0.15, 0.2) is 0 Å². The summed E-state index contributed by atoms with van der Waals surface area (Å²) >= 11 is 6.17. The number of carbonyl (C=O) groups excluding carboxylic acids is 1. The third-order valence-corrected chi connectivity index (χ3v) is 6.37. The first-order valence-electron chi connectivity index (χ1n) is 8.36. The molecule has 8 heteroatoms. The number of halogens is 1. The Morgan fingerprint density at radius 2 is 1.80 bits per heavy atom. The van der Waals surface area contributed by atoms with Gasteiger partial charge in [0.25, 0.3) is 5.91 Å². The zero-order valence-electron chi connectivity index (χ0n) is 15.2. The van der Waals surface area contributed by atoms with Gasteiger partial charge in [-0.3, -0.25) is 9.69 Å². The third-order valence-electron chi connectivity index (χ3n) is 4.23. The van der Waals surface area contributed by atoms with Crippen molar-refractivity contribution in [2.24, 2.45) is 5.92 Å². The quantitative estimate of drug-likeness (QED) is 0.775. The minimum atomic E-state index is -3.61. The Bertz CT molecular complexity index is 727. The second-order valence-electron chi connectivity index (χ2n) is 6.92. The molecule has 0 N–H and O–H groups in total. The van der Waals surface area contributed by atoms with Crippen LogP contribution in [0.5, 0.6) is 0 Å². The summed E-state index contributed by atoms with van der Waals surface area (Å²) in [6.45, 7) is 8.23. The number of benzene rings is 1. The molecule has 0 bridgehead atoms. The summed E-state index contributed by atoms with van der Waals surface area (Å²) in [4.78, 5) is 17.0. The van der Waals surface area contributed by atoms with E-state index >= 15 is 0 Å². The molecule has 0 spiro atoms. The zero-order valence-corrected chi connectivity index (χ0v) is 16.8. The molecular formula is C17H26ClN3O3S. The molecule has 0 atom stereocenters. The number of sulfonamides is 1. The Morgan fingerprint density at radius 1 is 1.20 bits per heavy atom. The molecule has 1 aliphatic rings. The smallest absolute Gasteiger partial charge is 0.255 e. The molecule has 1 aliphatic heterocycles. The fraction of sp³-hybridized carbons (Fsp3) is 0.588. The van der Waals surface area contributed by atoms with Crippen LogP contribution in [0.3, 0.4) is 0 Å². The molecule has 0 radical (unpaired) electrons. The number of amides is 1. The topological polar surface area (TPSA) is 60.9 Å². The summed E-state index contributed by atoms with van der Waals surface area (Å²) in [7, 11) is -0.692. The highest BCUT2D eigenvalue weighted by atomic mass is 35.5. The lowest BCUT2D eigenvalue weighted by Crippen LogP contribution is -2.49. The van der Waals surface area contributed by atoms with E-state index in [0.717, 1.165) is 23.9 Å². The first kappa shape index (κ1) is 20.2. The number of piperazine rings is 1. The van der Waals surface area contributed by atoms with Crippen LogP contribution in [0, 0.1) is 5.92 Å². The average molecular weight is 388 g/mol. The summed E-state index contributed by atoms with van der Waals surface area (Å²) < 4.78 is 25.7. The van der Waals surface area contributed by atoms with Crippen molar-refractivity contribution < 1.29 is 13.2 Å². The van der Waals surface area contributed by atoms with Crippen LogP contribution in [-0.2, 0) is 10.0 Å². The first-order valence-corrected chi connectivity index (χ1v) is 10.2. The average Bonchev–Trinajstić information content (AvgIpc) is 2.54. The molecular weight excluding hydrogens is 362 g/mol. The maximum absolute atomic E-state index is 12.8. The van der Waals surface area contributed by atoms with E-state index in [1.54, 1.807) is 4.90 Å². The predicted molar refractivity (Wildman–Crippen MR) is 99.5 cm³/mol. The molecule has 0 unspecified atom stereocenters. The third kappa shape index (κ3) is 4.73. The zero-order chi connectivity index (χ0) is 18.8. The highest BCUT2D eigenvalue weighted by molar-refractivity contribution is 7.89. The lowest BCUT2D eigenvalue weighted by molar-refractivity contribution is 0.0623. The summed E-state index contributed by atoms with van der Waals surface area (Å²) in [5.41, 5.74) is 0.238. The van der Waals surface area contributed by atoms with Crippen LogP contribution in [0.1, 0.15) is 24.2 Å². The lowest BCUT2D eigenvalue weighted by atomic mass is 10.1. The summed E-state index contributed by atoms with van der Waals surface area (Å²) in [6.07, 6.45) is 0. The van der Waals surface area contributed by atoms with Gasteiger partial charge in [-0.05, 0) is 24.1 Å². The van der Waals surface area contributed by atoms with Crippen molar-refractivity contribution in [2.75, 3.05) is 46.8 Å². The Balaban J connectivity index is 2.18. The molecule has 1 aromatic carbocycles. The first-order chi connectivity index (χ1) is 11.6. The fourth-order valence-electron chi connectivity index (χ4n) is 2.86. The Labute approximate surface area is 155 Å². The van der Waals surface area contributed by atoms with Gasteiger partial charge < -0.3 is 4.90 Å². The van der Waals surface area contributed by atoms with Gasteiger partial charge in [-0.1, -0.05) is 25.4 Å². The minimum Gasteiger partial charge on any atom is -0.336 e. The molecule has 1 saturated heterocycles. The summed E-state index contributed by atoms with van der Waals surface area (Å²) in [5, 5.41) is 0.271. The standard InChI is InChI=1S/C17H26ClN3O3S/c1-13(2)12-20-7-9-21(10-8-20)17(22)15-11-14(5-6-16(15)18)25(23,24)19(3)4/h5-6,11,13H,7-10,12H2,1-4H3. The van der Waals surface area contributed by atoms with Crippen LogP contribution in [0.25, 0.3) is 0 Å². The minimum absolute atomic E-state index is 0.0729. The Kier molecular flexibility index (Phi) is 6.48. The molecule has 140 valence electrons. The van der Waals surface area contributed by atoms with E-state index < -0.39 is 10.0 Å². The van der Waals surface area contributed by atoms with Crippen molar-refractivity contribution >= 4 is 27.5 Å². The van der Waals surface area contributed by atoms with E-state index in [4.69, 9.17) is 11.6 Å². The van der Waals surface area contributed by atoms with Crippen molar-refractivity contribution in [1.82, 2.24) is 14.1 Å². The van der Waals surface area contributed by atoms with Crippen molar-refractivity contribution in [3.63, 3.8) is 0 Å². The number of hydrogen-bond donors (Lipinski definition) is 0. The molecule has 0 aromatic heterocycles. The van der Waals surface area contributed by atoms with Crippen molar-refractivity contribution in [1.29, 1.82) is 0 Å². The molecule has 25 heavy (non-hydrogen) atoms. The molecule has 1 heterocycles. The number of carbonyl (C=O) groups is 1. The fourth-order valence-corrected chi connectivity index (χ4v) is 3.99. The van der Waals surface area contributed by atoms with Gasteiger partial charge in [-0.2, -0.15) is 0 Å². The van der Waals surface area contributed by atoms with E-state index in [1.807, 2.05) is 0 Å². The SMILES string of the molecule is CC(C)CN1CCN(C(=O)c2cc(S(=O)(=O)N(C)C)ccc2Cl)CC1. The van der Waals surface area contributed by atoms with E-state index in [1.165, 1.54) is 32.3 Å². The van der Waals surface area contributed by atoms with E-state index in [2.05, 4.69) is 18.7 Å². The predicted octanol–water partition coefficient (Wildman–Crippen LogP) is 2.00. The molecule has 1 amide bonds. The maximum Gasteiger partial charge on any atom is 0.255 e. The second-order valence-corrected chi connectivity index (χ2v) is 9.47. The highest BCUT2D eigenvalue weighted by Crippen LogP contribution is 2.24. The summed E-state index contributed by atoms with van der Waals surface area (Å²) in [6, 6.07) is 4.27. The van der Waals surface area contributed by atoms with Crippen LogP contribution in [0.4, 0.5) is 0 Å². The van der Waals surface area contributed by atoms with Crippen molar-refractivity contribution in [2.45, 2.75) is 18.7 Å². The van der Waals surface area contributed by atoms with Crippen LogP contribution < -0.4 is 0 Å². The molecule has 0 saturated carbocycles. The van der Waals surface area contributed by atoms with Crippen molar-refractivity contribution in [3.05, 3.63) is 28.8 Å².